The van der Waals surface area contributed by atoms with Crippen molar-refractivity contribution < 1.29 is 19.4 Å². The van der Waals surface area contributed by atoms with Crippen LogP contribution in [0.1, 0.15) is 0 Å². The molecule has 0 aliphatic carbocycles. The summed E-state index contributed by atoms with van der Waals surface area (Å²) in [5.74, 6) is -1.03. The summed E-state index contributed by atoms with van der Waals surface area (Å²) in [6.45, 7) is 4.20. The summed E-state index contributed by atoms with van der Waals surface area (Å²) in [4.78, 5) is 10.2. The van der Waals surface area contributed by atoms with E-state index in [1.165, 1.54) is 0 Å². The zero-order valence-electron chi connectivity index (χ0n) is 6.50. The van der Waals surface area contributed by atoms with Crippen molar-refractivity contribution in [2.75, 3.05) is 26.9 Å². The molecule has 0 unspecified atom stereocenters. The van der Waals surface area contributed by atoms with Gasteiger partial charge in [0.05, 0.1) is 25.4 Å². The van der Waals surface area contributed by atoms with Gasteiger partial charge in [0.2, 0.25) is 0 Å². The lowest BCUT2D eigenvalue weighted by Gasteiger charge is -2.01. The number of ether oxygens (including phenoxy) is 2. The number of aliphatic carboxylic acids is 1. The Morgan fingerprint density at radius 3 is 2.64 bits per heavy atom. The highest BCUT2D eigenvalue weighted by atomic mass is 16.5. The standard InChI is InChI=1S/C7H12O4/c1-6(7(8)9)5-11-4-3-10-2/h1,3-5H2,2H3,(H,8,9). The second-order valence-electron chi connectivity index (χ2n) is 1.95. The molecular weight excluding hydrogens is 148 g/mol. The average Bonchev–Trinajstić information content (AvgIpc) is 1.97. The van der Waals surface area contributed by atoms with Crippen molar-refractivity contribution in [2.45, 2.75) is 0 Å². The van der Waals surface area contributed by atoms with Gasteiger partial charge in [0.1, 0.15) is 0 Å². The highest BCUT2D eigenvalue weighted by Crippen LogP contribution is 1.90. The van der Waals surface area contributed by atoms with Crippen molar-refractivity contribution >= 4 is 5.97 Å². The summed E-state index contributed by atoms with van der Waals surface area (Å²) in [6, 6.07) is 0. The van der Waals surface area contributed by atoms with Crippen molar-refractivity contribution in [2.24, 2.45) is 0 Å². The zero-order chi connectivity index (χ0) is 8.69. The van der Waals surface area contributed by atoms with Crippen LogP contribution < -0.4 is 0 Å². The van der Waals surface area contributed by atoms with Crippen LogP contribution in [0.5, 0.6) is 0 Å². The molecule has 0 rings (SSSR count). The molecule has 0 aromatic carbocycles. The average molecular weight is 160 g/mol. The molecule has 0 heterocycles. The molecule has 64 valence electrons. The van der Waals surface area contributed by atoms with Gasteiger partial charge in [-0.15, -0.1) is 0 Å². The van der Waals surface area contributed by atoms with Gasteiger partial charge < -0.3 is 14.6 Å². The Hall–Kier alpha value is -0.870. The van der Waals surface area contributed by atoms with E-state index in [4.69, 9.17) is 9.84 Å². The van der Waals surface area contributed by atoms with Crippen molar-refractivity contribution in [1.82, 2.24) is 0 Å². The van der Waals surface area contributed by atoms with Gasteiger partial charge in [-0.05, 0) is 0 Å². The van der Waals surface area contributed by atoms with Crippen LogP contribution in [0.3, 0.4) is 0 Å². The Morgan fingerprint density at radius 1 is 1.55 bits per heavy atom. The summed E-state index contributed by atoms with van der Waals surface area (Å²) in [5, 5.41) is 8.33. The molecule has 1 N–H and O–H groups in total. The fraction of sp³-hybridized carbons (Fsp3) is 0.571. The maximum absolute atomic E-state index is 10.2. The second kappa shape index (κ2) is 5.88. The van der Waals surface area contributed by atoms with Gasteiger partial charge in [-0.1, -0.05) is 6.58 Å². The minimum Gasteiger partial charge on any atom is -0.478 e. The molecule has 0 saturated carbocycles. The first-order valence-corrected chi connectivity index (χ1v) is 3.16. The van der Waals surface area contributed by atoms with Crippen LogP contribution in [0.25, 0.3) is 0 Å². The third-order valence-electron chi connectivity index (χ3n) is 1.01. The number of carboxylic acid groups (broad SMARTS) is 1. The van der Waals surface area contributed by atoms with Crippen LogP contribution in [0.15, 0.2) is 12.2 Å². The van der Waals surface area contributed by atoms with Gasteiger partial charge in [0.15, 0.2) is 0 Å². The van der Waals surface area contributed by atoms with Crippen LogP contribution in [0.2, 0.25) is 0 Å². The van der Waals surface area contributed by atoms with E-state index < -0.39 is 5.97 Å². The fourth-order valence-corrected chi connectivity index (χ4v) is 0.399. The summed E-state index contributed by atoms with van der Waals surface area (Å²) in [6.07, 6.45) is 0. The molecule has 0 aliphatic rings. The van der Waals surface area contributed by atoms with Gasteiger partial charge in [0, 0.05) is 7.11 Å². The summed E-state index contributed by atoms with van der Waals surface area (Å²) >= 11 is 0. The van der Waals surface area contributed by atoms with E-state index in [1.54, 1.807) is 7.11 Å². The maximum atomic E-state index is 10.2. The number of rotatable bonds is 6. The topological polar surface area (TPSA) is 55.8 Å². The van der Waals surface area contributed by atoms with Crippen molar-refractivity contribution in [1.29, 1.82) is 0 Å². The molecule has 0 amide bonds. The molecular formula is C7H12O4. The molecule has 11 heavy (non-hydrogen) atoms. The number of methoxy groups -OCH3 is 1. The molecule has 0 saturated heterocycles. The van der Waals surface area contributed by atoms with E-state index >= 15 is 0 Å². The largest absolute Gasteiger partial charge is 0.478 e. The van der Waals surface area contributed by atoms with Crippen LogP contribution in [0.4, 0.5) is 0 Å². The first-order valence-electron chi connectivity index (χ1n) is 3.16. The van der Waals surface area contributed by atoms with Crippen molar-refractivity contribution in [3.63, 3.8) is 0 Å². The Kier molecular flexibility index (Phi) is 5.42. The first-order chi connectivity index (χ1) is 5.18. The van der Waals surface area contributed by atoms with Gasteiger partial charge >= 0.3 is 5.97 Å². The predicted octanol–water partition coefficient (Wildman–Crippen LogP) is 0.290. The van der Waals surface area contributed by atoms with Crippen molar-refractivity contribution in [3.8, 4) is 0 Å². The normalized spacial score (nSPS) is 9.55. The smallest absolute Gasteiger partial charge is 0.333 e. The molecule has 0 aromatic heterocycles. The molecule has 0 radical (unpaired) electrons. The molecule has 4 heteroatoms. The van der Waals surface area contributed by atoms with Gasteiger partial charge in [-0.3, -0.25) is 0 Å². The third kappa shape index (κ3) is 5.57. The van der Waals surface area contributed by atoms with E-state index in [0.29, 0.717) is 13.2 Å². The Morgan fingerprint density at radius 2 is 2.18 bits per heavy atom. The monoisotopic (exact) mass is 160 g/mol. The molecule has 0 fully saturated rings. The highest BCUT2D eigenvalue weighted by molar-refractivity contribution is 5.85. The minimum absolute atomic E-state index is 0.0543. The number of carboxylic acids is 1. The zero-order valence-corrected chi connectivity index (χ0v) is 6.50. The Bertz CT molecular complexity index is 141. The molecule has 0 aromatic rings. The van der Waals surface area contributed by atoms with Crippen molar-refractivity contribution in [3.05, 3.63) is 12.2 Å². The molecule has 0 aliphatic heterocycles. The molecule has 0 bridgehead atoms. The number of hydrogen-bond donors (Lipinski definition) is 1. The highest BCUT2D eigenvalue weighted by Gasteiger charge is 2.02. The van der Waals surface area contributed by atoms with Gasteiger partial charge in [-0.2, -0.15) is 0 Å². The summed E-state index contributed by atoms with van der Waals surface area (Å²) in [5.41, 5.74) is 0.0566. The van der Waals surface area contributed by atoms with E-state index in [2.05, 4.69) is 11.3 Å². The van der Waals surface area contributed by atoms with E-state index in [0.717, 1.165) is 0 Å². The summed E-state index contributed by atoms with van der Waals surface area (Å²) in [7, 11) is 1.55. The van der Waals surface area contributed by atoms with E-state index in [9.17, 15) is 4.79 Å². The number of hydrogen-bond acceptors (Lipinski definition) is 3. The summed E-state index contributed by atoms with van der Waals surface area (Å²) < 4.78 is 9.57. The first kappa shape index (κ1) is 10.1. The molecule has 0 atom stereocenters. The third-order valence-corrected chi connectivity index (χ3v) is 1.01. The minimum atomic E-state index is -1.03. The number of carbonyl (C=O) groups is 1. The van der Waals surface area contributed by atoms with Crippen LogP contribution in [-0.2, 0) is 14.3 Å². The lowest BCUT2D eigenvalue weighted by molar-refractivity contribution is -0.133. The Balaban J connectivity index is 3.25. The predicted molar refractivity (Wildman–Crippen MR) is 39.5 cm³/mol. The van der Waals surface area contributed by atoms with Crippen LogP contribution >= 0.6 is 0 Å². The quantitative estimate of drug-likeness (QED) is 0.448. The Labute approximate surface area is 65.4 Å². The lowest BCUT2D eigenvalue weighted by Crippen LogP contribution is -2.09. The lowest BCUT2D eigenvalue weighted by atomic mass is 10.3. The van der Waals surface area contributed by atoms with E-state index in [1.807, 2.05) is 0 Å². The van der Waals surface area contributed by atoms with Gasteiger partial charge in [-0.25, -0.2) is 4.79 Å². The maximum Gasteiger partial charge on any atom is 0.333 e. The van der Waals surface area contributed by atoms with Crippen LogP contribution in [0, 0.1) is 0 Å². The second-order valence-corrected chi connectivity index (χ2v) is 1.95. The molecule has 4 nitrogen and oxygen atoms in total. The van der Waals surface area contributed by atoms with Gasteiger partial charge in [0.25, 0.3) is 0 Å². The molecule has 0 spiro atoms. The SMILES string of the molecule is C=C(COCCOC)C(=O)O. The van der Waals surface area contributed by atoms with E-state index in [-0.39, 0.29) is 12.2 Å². The fourth-order valence-electron chi connectivity index (χ4n) is 0.399. The van der Waals surface area contributed by atoms with Crippen LogP contribution in [-0.4, -0.2) is 38.0 Å².